The molecule has 0 spiro atoms. The van der Waals surface area contributed by atoms with Gasteiger partial charge in [0.15, 0.2) is 0 Å². The van der Waals surface area contributed by atoms with Gasteiger partial charge in [0.25, 0.3) is 6.43 Å². The Kier molecular flexibility index (Phi) is 5.62. The number of carbonyl (C=O) groups excluding carboxylic acids is 1. The highest BCUT2D eigenvalue weighted by atomic mass is 19.3. The zero-order valence-electron chi connectivity index (χ0n) is 9.59. The van der Waals surface area contributed by atoms with Gasteiger partial charge >= 0.3 is 0 Å². The van der Waals surface area contributed by atoms with Crippen molar-refractivity contribution in [1.82, 2.24) is 15.1 Å². The molecule has 0 unspecified atom stereocenters. The highest BCUT2D eigenvalue weighted by Crippen LogP contribution is 2.00. The summed E-state index contributed by atoms with van der Waals surface area (Å²) in [7, 11) is 1.61. The van der Waals surface area contributed by atoms with Crippen LogP contribution in [0.4, 0.5) is 8.78 Å². The van der Waals surface area contributed by atoms with Crippen molar-refractivity contribution >= 4 is 5.91 Å². The van der Waals surface area contributed by atoms with Crippen LogP contribution in [-0.4, -0.2) is 68.4 Å². The lowest BCUT2D eigenvalue weighted by Crippen LogP contribution is -2.47. The number of hydrogen-bond donors (Lipinski definition) is 1. The van der Waals surface area contributed by atoms with E-state index in [2.05, 4.69) is 5.32 Å². The maximum absolute atomic E-state index is 12.0. The van der Waals surface area contributed by atoms with Gasteiger partial charge in [0.1, 0.15) is 0 Å². The summed E-state index contributed by atoms with van der Waals surface area (Å²) < 4.78 is 24.0. The van der Waals surface area contributed by atoms with Gasteiger partial charge in [-0.15, -0.1) is 0 Å². The van der Waals surface area contributed by atoms with Crippen LogP contribution < -0.4 is 5.32 Å². The fraction of sp³-hybridized carbons (Fsp3) is 0.900. The van der Waals surface area contributed by atoms with Gasteiger partial charge in [0.2, 0.25) is 5.91 Å². The molecular formula is C10H19F2N3O. The first kappa shape index (κ1) is 13.3. The molecule has 1 fully saturated rings. The molecule has 4 nitrogen and oxygen atoms in total. The fourth-order valence-corrected chi connectivity index (χ4v) is 1.69. The molecular weight excluding hydrogens is 216 g/mol. The number of carbonyl (C=O) groups is 1. The maximum atomic E-state index is 12.0. The monoisotopic (exact) mass is 235 g/mol. The number of rotatable bonds is 5. The Balaban J connectivity index is 2.18. The second kappa shape index (κ2) is 6.75. The number of nitrogens with zero attached hydrogens (tertiary/aromatic N) is 2. The van der Waals surface area contributed by atoms with Crippen molar-refractivity contribution in [3.63, 3.8) is 0 Å². The van der Waals surface area contributed by atoms with E-state index in [1.54, 1.807) is 11.9 Å². The summed E-state index contributed by atoms with van der Waals surface area (Å²) >= 11 is 0. The third-order valence-corrected chi connectivity index (χ3v) is 2.63. The van der Waals surface area contributed by atoms with Crippen LogP contribution in [0.25, 0.3) is 0 Å². The highest BCUT2D eigenvalue weighted by molar-refractivity contribution is 5.76. The number of amides is 1. The first-order chi connectivity index (χ1) is 7.59. The molecule has 6 heteroatoms. The average molecular weight is 235 g/mol. The molecule has 1 amide bonds. The predicted octanol–water partition coefficient (Wildman–Crippen LogP) is 0.00520. The zero-order valence-corrected chi connectivity index (χ0v) is 9.59. The first-order valence-electron chi connectivity index (χ1n) is 5.55. The quantitative estimate of drug-likeness (QED) is 0.729. The molecule has 0 saturated carbocycles. The Bertz CT molecular complexity index is 220. The van der Waals surface area contributed by atoms with Gasteiger partial charge in [-0.1, -0.05) is 0 Å². The Labute approximate surface area is 94.6 Å². The zero-order chi connectivity index (χ0) is 12.0. The van der Waals surface area contributed by atoms with Crippen molar-refractivity contribution in [2.24, 2.45) is 0 Å². The van der Waals surface area contributed by atoms with E-state index in [1.807, 2.05) is 0 Å². The largest absolute Gasteiger partial charge is 0.340 e. The number of piperazine rings is 1. The molecule has 1 rings (SSSR count). The van der Waals surface area contributed by atoms with Gasteiger partial charge in [-0.2, -0.15) is 0 Å². The van der Waals surface area contributed by atoms with Gasteiger partial charge < -0.3 is 15.1 Å². The normalized spacial score (nSPS) is 17.2. The molecule has 1 heterocycles. The van der Waals surface area contributed by atoms with Crippen LogP contribution in [0, 0.1) is 0 Å². The summed E-state index contributed by atoms with van der Waals surface area (Å²) in [5, 5.41) is 3.16. The predicted molar refractivity (Wildman–Crippen MR) is 57.6 cm³/mol. The van der Waals surface area contributed by atoms with Crippen molar-refractivity contribution in [3.8, 4) is 0 Å². The van der Waals surface area contributed by atoms with E-state index in [0.717, 1.165) is 26.2 Å². The van der Waals surface area contributed by atoms with Gasteiger partial charge in [-0.25, -0.2) is 8.78 Å². The van der Waals surface area contributed by atoms with Crippen molar-refractivity contribution in [3.05, 3.63) is 0 Å². The Hall–Kier alpha value is -0.750. The molecule has 1 N–H and O–H groups in total. The number of halogens is 2. The molecule has 0 radical (unpaired) electrons. The van der Waals surface area contributed by atoms with Crippen molar-refractivity contribution in [2.45, 2.75) is 12.8 Å². The second-order valence-corrected chi connectivity index (χ2v) is 4.03. The summed E-state index contributed by atoms with van der Waals surface area (Å²) in [5.41, 5.74) is 0. The number of nitrogens with one attached hydrogen (secondary N) is 1. The standard InChI is InChI=1S/C10H19F2N3O/c1-14(8-9(11)12)5-2-10(16)15-6-3-13-4-7-15/h9,13H,2-8H2,1H3. The molecule has 0 aliphatic carbocycles. The smallest absolute Gasteiger partial charge is 0.251 e. The van der Waals surface area contributed by atoms with E-state index in [1.165, 1.54) is 4.90 Å². The molecule has 0 atom stereocenters. The van der Waals surface area contributed by atoms with Crippen molar-refractivity contribution < 1.29 is 13.6 Å². The maximum Gasteiger partial charge on any atom is 0.251 e. The molecule has 1 aliphatic heterocycles. The summed E-state index contributed by atoms with van der Waals surface area (Å²) in [6.45, 7) is 3.20. The lowest BCUT2D eigenvalue weighted by Gasteiger charge is -2.28. The number of hydrogen-bond acceptors (Lipinski definition) is 3. The van der Waals surface area contributed by atoms with Crippen molar-refractivity contribution in [1.29, 1.82) is 0 Å². The van der Waals surface area contributed by atoms with Crippen LogP contribution in [-0.2, 0) is 4.79 Å². The minimum atomic E-state index is -2.33. The Morgan fingerprint density at radius 3 is 2.62 bits per heavy atom. The average Bonchev–Trinajstić information content (AvgIpc) is 2.26. The van der Waals surface area contributed by atoms with E-state index in [0.29, 0.717) is 13.0 Å². The topological polar surface area (TPSA) is 35.6 Å². The summed E-state index contributed by atoms with van der Waals surface area (Å²) in [6.07, 6.45) is -2.01. The van der Waals surface area contributed by atoms with E-state index < -0.39 is 6.43 Å². The second-order valence-electron chi connectivity index (χ2n) is 4.03. The van der Waals surface area contributed by atoms with Crippen LogP contribution in [0.5, 0.6) is 0 Å². The number of alkyl halides is 2. The third-order valence-electron chi connectivity index (χ3n) is 2.63. The summed E-state index contributed by atoms with van der Waals surface area (Å²) in [4.78, 5) is 14.9. The molecule has 94 valence electrons. The fourth-order valence-electron chi connectivity index (χ4n) is 1.69. The Morgan fingerprint density at radius 1 is 1.44 bits per heavy atom. The molecule has 1 aliphatic rings. The van der Waals surface area contributed by atoms with Crippen LogP contribution >= 0.6 is 0 Å². The lowest BCUT2D eigenvalue weighted by atomic mass is 10.3. The van der Waals surface area contributed by atoms with Crippen LogP contribution in [0.15, 0.2) is 0 Å². The molecule has 0 aromatic rings. The van der Waals surface area contributed by atoms with E-state index >= 15 is 0 Å². The molecule has 0 aromatic heterocycles. The van der Waals surface area contributed by atoms with Gasteiger partial charge in [-0.05, 0) is 7.05 Å². The summed E-state index contributed by atoms with van der Waals surface area (Å²) in [6, 6.07) is 0. The van der Waals surface area contributed by atoms with Gasteiger partial charge in [-0.3, -0.25) is 4.79 Å². The lowest BCUT2D eigenvalue weighted by molar-refractivity contribution is -0.132. The highest BCUT2D eigenvalue weighted by Gasteiger charge is 2.16. The summed E-state index contributed by atoms with van der Waals surface area (Å²) in [5.74, 6) is 0.0580. The minimum absolute atomic E-state index is 0.0580. The molecule has 16 heavy (non-hydrogen) atoms. The van der Waals surface area contributed by atoms with Crippen molar-refractivity contribution in [2.75, 3.05) is 46.3 Å². The molecule has 0 aromatic carbocycles. The van der Waals surface area contributed by atoms with E-state index in [4.69, 9.17) is 0 Å². The minimum Gasteiger partial charge on any atom is -0.340 e. The molecule has 1 saturated heterocycles. The van der Waals surface area contributed by atoms with Crippen LogP contribution in [0.3, 0.4) is 0 Å². The molecule has 0 bridgehead atoms. The van der Waals surface area contributed by atoms with E-state index in [-0.39, 0.29) is 12.5 Å². The van der Waals surface area contributed by atoms with Gasteiger partial charge in [0.05, 0.1) is 6.54 Å². The van der Waals surface area contributed by atoms with Crippen LogP contribution in [0.1, 0.15) is 6.42 Å². The SMILES string of the molecule is CN(CCC(=O)N1CCNCC1)CC(F)F. The first-order valence-corrected chi connectivity index (χ1v) is 5.55. The van der Waals surface area contributed by atoms with Gasteiger partial charge in [0, 0.05) is 39.1 Å². The third kappa shape index (κ3) is 4.85. The van der Waals surface area contributed by atoms with Crippen LogP contribution in [0.2, 0.25) is 0 Å². The Morgan fingerprint density at radius 2 is 2.06 bits per heavy atom. The van der Waals surface area contributed by atoms with E-state index in [9.17, 15) is 13.6 Å².